The summed E-state index contributed by atoms with van der Waals surface area (Å²) in [7, 11) is 0. The number of nitrogens with zero attached hydrogens (tertiary/aromatic N) is 1. The van der Waals surface area contributed by atoms with Crippen LogP contribution in [0.25, 0.3) is 0 Å². The lowest BCUT2D eigenvalue weighted by Gasteiger charge is -2.37. The largest absolute Gasteiger partial charge is 0.198 e. The molecule has 0 aromatic heterocycles. The van der Waals surface area contributed by atoms with Crippen LogP contribution in [0.4, 0.5) is 0 Å². The maximum atomic E-state index is 9.13. The van der Waals surface area contributed by atoms with Crippen LogP contribution in [0.3, 0.4) is 0 Å². The zero-order valence-corrected chi connectivity index (χ0v) is 8.77. The van der Waals surface area contributed by atoms with Crippen molar-refractivity contribution in [2.45, 2.75) is 52.4 Å². The molecule has 1 nitrogen and oxygen atoms in total. The molecule has 0 saturated heterocycles. The van der Waals surface area contributed by atoms with Crippen LogP contribution in [-0.4, -0.2) is 0 Å². The lowest BCUT2D eigenvalue weighted by atomic mass is 9.67. The molecule has 2 rings (SSSR count). The molecule has 72 valence electrons. The highest BCUT2D eigenvalue weighted by molar-refractivity contribution is 5.14. The van der Waals surface area contributed by atoms with E-state index in [0.717, 1.165) is 0 Å². The van der Waals surface area contributed by atoms with Gasteiger partial charge in [0, 0.05) is 0 Å². The van der Waals surface area contributed by atoms with E-state index in [4.69, 9.17) is 5.26 Å². The maximum absolute atomic E-state index is 9.13. The van der Waals surface area contributed by atoms with E-state index in [9.17, 15) is 0 Å². The summed E-state index contributed by atoms with van der Waals surface area (Å²) >= 11 is 0. The average molecular weight is 177 g/mol. The van der Waals surface area contributed by atoms with Crippen LogP contribution in [0.2, 0.25) is 0 Å². The highest BCUT2D eigenvalue weighted by Gasteiger charge is 2.51. The van der Waals surface area contributed by atoms with E-state index in [2.05, 4.69) is 19.9 Å². The van der Waals surface area contributed by atoms with Crippen LogP contribution in [0.5, 0.6) is 0 Å². The van der Waals surface area contributed by atoms with Crippen molar-refractivity contribution in [3.05, 3.63) is 0 Å². The molecule has 2 aliphatic rings. The third-order valence-corrected chi connectivity index (χ3v) is 4.00. The second-order valence-corrected chi connectivity index (χ2v) is 5.73. The Kier molecular flexibility index (Phi) is 1.91. The Morgan fingerprint density at radius 1 is 1.23 bits per heavy atom. The topological polar surface area (TPSA) is 23.8 Å². The van der Waals surface area contributed by atoms with Crippen molar-refractivity contribution in [2.75, 3.05) is 0 Å². The zero-order chi connectivity index (χ0) is 9.53. The molecule has 0 aliphatic heterocycles. The SMILES string of the molecule is CC1(C)CCCC(C2(C#N)CC2)C1. The van der Waals surface area contributed by atoms with E-state index in [-0.39, 0.29) is 5.41 Å². The summed E-state index contributed by atoms with van der Waals surface area (Å²) < 4.78 is 0. The van der Waals surface area contributed by atoms with Gasteiger partial charge in [0.25, 0.3) is 0 Å². The molecule has 0 amide bonds. The van der Waals surface area contributed by atoms with Gasteiger partial charge in [-0.2, -0.15) is 5.26 Å². The maximum Gasteiger partial charge on any atom is 0.0692 e. The minimum Gasteiger partial charge on any atom is -0.198 e. The Morgan fingerprint density at radius 3 is 2.38 bits per heavy atom. The molecular weight excluding hydrogens is 158 g/mol. The summed E-state index contributed by atoms with van der Waals surface area (Å²) in [6, 6.07) is 2.56. The fraction of sp³-hybridized carbons (Fsp3) is 0.917. The number of hydrogen-bond acceptors (Lipinski definition) is 1. The molecule has 2 fully saturated rings. The van der Waals surface area contributed by atoms with Crippen molar-refractivity contribution >= 4 is 0 Å². The van der Waals surface area contributed by atoms with Gasteiger partial charge in [0.1, 0.15) is 0 Å². The summed E-state index contributed by atoms with van der Waals surface area (Å²) in [5, 5.41) is 9.13. The predicted molar refractivity (Wildman–Crippen MR) is 53.0 cm³/mol. The van der Waals surface area contributed by atoms with Crippen LogP contribution in [0, 0.1) is 28.1 Å². The molecule has 2 aliphatic carbocycles. The van der Waals surface area contributed by atoms with E-state index in [1.165, 1.54) is 38.5 Å². The first-order valence-corrected chi connectivity index (χ1v) is 5.49. The van der Waals surface area contributed by atoms with E-state index < -0.39 is 0 Å². The highest BCUT2D eigenvalue weighted by Crippen LogP contribution is 2.58. The van der Waals surface area contributed by atoms with Gasteiger partial charge in [-0.15, -0.1) is 0 Å². The van der Waals surface area contributed by atoms with Crippen LogP contribution >= 0.6 is 0 Å². The summed E-state index contributed by atoms with van der Waals surface area (Å²) in [6.07, 6.45) is 7.61. The van der Waals surface area contributed by atoms with Crippen LogP contribution < -0.4 is 0 Å². The van der Waals surface area contributed by atoms with Gasteiger partial charge in [0.05, 0.1) is 11.5 Å². The molecule has 1 atom stereocenters. The molecule has 0 aromatic rings. The van der Waals surface area contributed by atoms with E-state index in [0.29, 0.717) is 11.3 Å². The standard InChI is InChI=1S/C12H19N/c1-11(2)5-3-4-10(8-11)12(9-13)6-7-12/h10H,3-8H2,1-2H3. The number of nitriles is 1. The van der Waals surface area contributed by atoms with Crippen LogP contribution in [0.1, 0.15) is 52.4 Å². The van der Waals surface area contributed by atoms with E-state index in [1.807, 2.05) is 0 Å². The number of hydrogen-bond donors (Lipinski definition) is 0. The predicted octanol–water partition coefficient (Wildman–Crippen LogP) is 3.51. The lowest BCUT2D eigenvalue weighted by Crippen LogP contribution is -2.27. The monoisotopic (exact) mass is 177 g/mol. The van der Waals surface area contributed by atoms with Crippen LogP contribution in [0.15, 0.2) is 0 Å². The van der Waals surface area contributed by atoms with Gasteiger partial charge < -0.3 is 0 Å². The molecular formula is C12H19N. The Bertz CT molecular complexity index is 242. The molecule has 0 N–H and O–H groups in total. The smallest absolute Gasteiger partial charge is 0.0692 e. The molecule has 0 heterocycles. The Hall–Kier alpha value is -0.510. The molecule has 0 spiro atoms. The Labute approximate surface area is 81.1 Å². The van der Waals surface area contributed by atoms with Crippen molar-refractivity contribution in [3.8, 4) is 6.07 Å². The zero-order valence-electron chi connectivity index (χ0n) is 8.77. The minimum atomic E-state index is 0.123. The van der Waals surface area contributed by atoms with Crippen LogP contribution in [-0.2, 0) is 0 Å². The van der Waals surface area contributed by atoms with Gasteiger partial charge >= 0.3 is 0 Å². The fourth-order valence-electron chi connectivity index (χ4n) is 2.92. The van der Waals surface area contributed by atoms with Crippen molar-refractivity contribution in [3.63, 3.8) is 0 Å². The molecule has 13 heavy (non-hydrogen) atoms. The average Bonchev–Trinajstić information content (AvgIpc) is 2.82. The molecule has 0 aromatic carbocycles. The molecule has 2 saturated carbocycles. The van der Waals surface area contributed by atoms with Gasteiger partial charge in [-0.3, -0.25) is 0 Å². The molecule has 1 unspecified atom stereocenters. The first-order chi connectivity index (χ1) is 6.08. The quantitative estimate of drug-likeness (QED) is 0.601. The second kappa shape index (κ2) is 2.74. The second-order valence-electron chi connectivity index (χ2n) is 5.73. The summed E-state index contributed by atoms with van der Waals surface area (Å²) in [4.78, 5) is 0. The Balaban J connectivity index is 2.06. The van der Waals surface area contributed by atoms with Gasteiger partial charge in [-0.1, -0.05) is 20.3 Å². The normalized spacial score (nSPS) is 35.0. The summed E-state index contributed by atoms with van der Waals surface area (Å²) in [5.74, 6) is 0.709. The Morgan fingerprint density at radius 2 is 1.92 bits per heavy atom. The lowest BCUT2D eigenvalue weighted by molar-refractivity contribution is 0.144. The van der Waals surface area contributed by atoms with E-state index >= 15 is 0 Å². The van der Waals surface area contributed by atoms with Crippen molar-refractivity contribution in [1.82, 2.24) is 0 Å². The molecule has 1 heteroatoms. The van der Waals surface area contributed by atoms with Gasteiger partial charge in [0.15, 0.2) is 0 Å². The summed E-state index contributed by atoms with van der Waals surface area (Å²) in [5.41, 5.74) is 0.618. The van der Waals surface area contributed by atoms with Crippen molar-refractivity contribution < 1.29 is 0 Å². The van der Waals surface area contributed by atoms with Gasteiger partial charge in [-0.05, 0) is 43.4 Å². The summed E-state index contributed by atoms with van der Waals surface area (Å²) in [6.45, 7) is 4.71. The number of rotatable bonds is 1. The minimum absolute atomic E-state index is 0.123. The first kappa shape index (κ1) is 9.06. The highest BCUT2D eigenvalue weighted by atomic mass is 14.6. The molecule has 0 radical (unpaired) electrons. The first-order valence-electron chi connectivity index (χ1n) is 5.49. The molecule has 0 bridgehead atoms. The third kappa shape index (κ3) is 1.59. The fourth-order valence-corrected chi connectivity index (χ4v) is 2.92. The third-order valence-electron chi connectivity index (χ3n) is 4.00. The van der Waals surface area contributed by atoms with E-state index in [1.54, 1.807) is 0 Å². The van der Waals surface area contributed by atoms with Crippen molar-refractivity contribution in [2.24, 2.45) is 16.7 Å². The van der Waals surface area contributed by atoms with Gasteiger partial charge in [0.2, 0.25) is 0 Å². The van der Waals surface area contributed by atoms with Crippen molar-refractivity contribution in [1.29, 1.82) is 5.26 Å². The van der Waals surface area contributed by atoms with Gasteiger partial charge in [-0.25, -0.2) is 0 Å².